The van der Waals surface area contributed by atoms with Gasteiger partial charge in [0, 0.05) is 44.4 Å². The van der Waals surface area contributed by atoms with Crippen LogP contribution in [0.4, 0.5) is 14.9 Å². The van der Waals surface area contributed by atoms with E-state index in [9.17, 15) is 19.5 Å². The van der Waals surface area contributed by atoms with Gasteiger partial charge in [0.1, 0.15) is 24.2 Å². The second-order valence-electron chi connectivity index (χ2n) is 8.89. The van der Waals surface area contributed by atoms with Gasteiger partial charge in [0.15, 0.2) is 0 Å². The van der Waals surface area contributed by atoms with Crippen LogP contribution in [0.1, 0.15) is 35.0 Å². The molecule has 3 aromatic rings. The number of fused-ring (bicyclic) bond motifs is 1. The van der Waals surface area contributed by atoms with Crippen molar-refractivity contribution in [3.63, 3.8) is 0 Å². The minimum absolute atomic E-state index is 0.00484. The Morgan fingerprint density at radius 1 is 1.11 bits per heavy atom. The maximum absolute atomic E-state index is 15.2. The molecule has 5 rings (SSSR count). The number of ether oxygens (including phenoxy) is 2. The van der Waals surface area contributed by atoms with E-state index in [1.165, 1.54) is 6.20 Å². The van der Waals surface area contributed by atoms with E-state index in [1.54, 1.807) is 15.5 Å². The van der Waals surface area contributed by atoms with Crippen LogP contribution in [0.5, 0.6) is 0 Å². The molecule has 1 amide bonds. The summed E-state index contributed by atoms with van der Waals surface area (Å²) in [5.74, 6) is -1.99. The summed E-state index contributed by atoms with van der Waals surface area (Å²) in [6, 6.07) is 12.1. The number of carbonyl (C=O) groups is 2. The Labute approximate surface area is 206 Å². The predicted octanol–water partition coefficient (Wildman–Crippen LogP) is 3.61. The minimum Gasteiger partial charge on any atom is -0.477 e. The zero-order valence-corrected chi connectivity index (χ0v) is 19.6. The number of aromatic nitrogens is 1. The molecule has 2 saturated heterocycles. The number of carboxylic acid groups (broad SMARTS) is 1. The monoisotopic (exact) mass is 495 g/mol. The van der Waals surface area contributed by atoms with Gasteiger partial charge in [-0.05, 0) is 30.5 Å². The van der Waals surface area contributed by atoms with Crippen molar-refractivity contribution < 1.29 is 28.6 Å². The second kappa shape index (κ2) is 9.98. The van der Waals surface area contributed by atoms with Gasteiger partial charge in [-0.25, -0.2) is 14.0 Å². The number of hydrogen-bond acceptors (Lipinski definition) is 6. The van der Waals surface area contributed by atoms with Crippen molar-refractivity contribution in [2.45, 2.75) is 25.7 Å². The number of halogens is 1. The molecule has 1 aromatic heterocycles. The third kappa shape index (κ3) is 4.64. The van der Waals surface area contributed by atoms with Crippen LogP contribution >= 0.6 is 0 Å². The lowest BCUT2D eigenvalue weighted by atomic mass is 10.1. The third-order valence-corrected chi connectivity index (χ3v) is 6.63. The highest BCUT2D eigenvalue weighted by atomic mass is 19.1. The lowest BCUT2D eigenvalue weighted by molar-refractivity contribution is 0.0585. The van der Waals surface area contributed by atoms with Gasteiger partial charge >= 0.3 is 12.1 Å². The molecule has 0 spiro atoms. The molecule has 2 aromatic carbocycles. The van der Waals surface area contributed by atoms with Crippen molar-refractivity contribution in [2.75, 3.05) is 37.7 Å². The Hall–Kier alpha value is -3.92. The van der Waals surface area contributed by atoms with Gasteiger partial charge in [0.2, 0.25) is 5.43 Å². The van der Waals surface area contributed by atoms with Crippen molar-refractivity contribution in [1.82, 2.24) is 9.47 Å². The highest BCUT2D eigenvalue weighted by Crippen LogP contribution is 2.31. The Morgan fingerprint density at radius 2 is 1.86 bits per heavy atom. The number of carboxylic acids is 1. The molecule has 2 aliphatic heterocycles. The number of aromatic carboxylic acids is 1. The summed E-state index contributed by atoms with van der Waals surface area (Å²) in [7, 11) is 0. The standard InChI is InChI=1S/C26H26FN3O6/c27-20-13-18-21(30(23-7-4-12-35-23)15-19(24(18)31)25(32)33)14-22(20)28-8-10-29(11-9-28)26(34)36-16-17-5-2-1-3-6-17/h1-3,5-6,13-15,23H,4,7-12,16H2,(H,32,33). The van der Waals surface area contributed by atoms with E-state index in [-0.39, 0.29) is 17.7 Å². The van der Waals surface area contributed by atoms with Crippen LogP contribution in [0.2, 0.25) is 0 Å². The van der Waals surface area contributed by atoms with Gasteiger partial charge in [-0.2, -0.15) is 0 Å². The fourth-order valence-corrected chi connectivity index (χ4v) is 4.71. The van der Waals surface area contributed by atoms with E-state index in [1.807, 2.05) is 35.2 Å². The smallest absolute Gasteiger partial charge is 0.410 e. The van der Waals surface area contributed by atoms with Gasteiger partial charge in [0.25, 0.3) is 0 Å². The maximum atomic E-state index is 15.2. The second-order valence-corrected chi connectivity index (χ2v) is 8.89. The fraction of sp³-hybridized carbons (Fsp3) is 0.346. The SMILES string of the molecule is O=C(O)c1cn(C2CCCO2)c2cc(N3CCN(C(=O)OCc4ccccc4)CC3)c(F)cc2c1=O. The molecule has 1 N–H and O–H groups in total. The molecule has 1 atom stereocenters. The normalized spacial score (nSPS) is 18.0. The van der Waals surface area contributed by atoms with E-state index in [0.29, 0.717) is 44.7 Å². The van der Waals surface area contributed by atoms with Gasteiger partial charge in [0.05, 0.1) is 11.2 Å². The topological polar surface area (TPSA) is 101 Å². The Morgan fingerprint density at radius 3 is 2.53 bits per heavy atom. The number of rotatable bonds is 5. The van der Waals surface area contributed by atoms with Crippen molar-refractivity contribution in [2.24, 2.45) is 0 Å². The number of carbonyl (C=O) groups excluding carboxylic acids is 1. The molecule has 9 nitrogen and oxygen atoms in total. The van der Waals surface area contributed by atoms with Crippen LogP contribution in [-0.4, -0.2) is 59.4 Å². The van der Waals surface area contributed by atoms with Crippen LogP contribution in [0.15, 0.2) is 53.5 Å². The van der Waals surface area contributed by atoms with Crippen molar-refractivity contribution in [1.29, 1.82) is 0 Å². The Balaban J connectivity index is 1.37. The van der Waals surface area contributed by atoms with E-state index >= 15 is 4.39 Å². The summed E-state index contributed by atoms with van der Waals surface area (Å²) in [5.41, 5.74) is 0.439. The van der Waals surface area contributed by atoms with Gasteiger partial charge in [-0.3, -0.25) is 4.79 Å². The first-order valence-electron chi connectivity index (χ1n) is 11.9. The highest BCUT2D eigenvalue weighted by molar-refractivity contribution is 5.93. The molecule has 36 heavy (non-hydrogen) atoms. The minimum atomic E-state index is -1.37. The third-order valence-electron chi connectivity index (χ3n) is 6.63. The largest absolute Gasteiger partial charge is 0.477 e. The van der Waals surface area contributed by atoms with E-state index in [4.69, 9.17) is 9.47 Å². The number of hydrogen-bond donors (Lipinski definition) is 1. The lowest BCUT2D eigenvalue weighted by Crippen LogP contribution is -2.49. The number of benzene rings is 2. The van der Waals surface area contributed by atoms with Crippen molar-refractivity contribution in [3.8, 4) is 0 Å². The highest BCUT2D eigenvalue weighted by Gasteiger charge is 2.27. The molecule has 188 valence electrons. The Bertz CT molecular complexity index is 1350. The molecular formula is C26H26FN3O6. The van der Waals surface area contributed by atoms with Crippen LogP contribution in [0.25, 0.3) is 10.9 Å². The Kier molecular flexibility index (Phi) is 6.60. The quantitative estimate of drug-likeness (QED) is 0.577. The first-order valence-corrected chi connectivity index (χ1v) is 11.9. The summed E-state index contributed by atoms with van der Waals surface area (Å²) < 4.78 is 28.0. The number of piperazine rings is 1. The lowest BCUT2D eigenvalue weighted by Gasteiger charge is -2.35. The van der Waals surface area contributed by atoms with Crippen molar-refractivity contribution in [3.05, 3.63) is 75.8 Å². The molecule has 10 heteroatoms. The number of pyridine rings is 1. The maximum Gasteiger partial charge on any atom is 0.410 e. The zero-order valence-electron chi connectivity index (χ0n) is 19.6. The average molecular weight is 496 g/mol. The van der Waals surface area contributed by atoms with E-state index < -0.39 is 35.1 Å². The number of nitrogens with zero attached hydrogens (tertiary/aromatic N) is 3. The van der Waals surface area contributed by atoms with Crippen LogP contribution in [0.3, 0.4) is 0 Å². The first kappa shape index (κ1) is 23.8. The summed E-state index contributed by atoms with van der Waals surface area (Å²) in [4.78, 5) is 40.3. The predicted molar refractivity (Wildman–Crippen MR) is 130 cm³/mol. The van der Waals surface area contributed by atoms with Gasteiger partial charge in [-0.1, -0.05) is 30.3 Å². The molecule has 0 aliphatic carbocycles. The van der Waals surface area contributed by atoms with Gasteiger partial charge in [-0.15, -0.1) is 0 Å². The average Bonchev–Trinajstić information content (AvgIpc) is 3.43. The first-order chi connectivity index (χ1) is 17.4. The number of anilines is 1. The molecule has 0 saturated carbocycles. The van der Waals surface area contributed by atoms with E-state index in [0.717, 1.165) is 18.1 Å². The molecule has 2 aliphatic rings. The van der Waals surface area contributed by atoms with Gasteiger partial charge < -0.3 is 28.9 Å². The van der Waals surface area contributed by atoms with Crippen LogP contribution < -0.4 is 10.3 Å². The summed E-state index contributed by atoms with van der Waals surface area (Å²) >= 11 is 0. The van der Waals surface area contributed by atoms with Crippen molar-refractivity contribution >= 4 is 28.7 Å². The van der Waals surface area contributed by atoms with E-state index in [2.05, 4.69) is 0 Å². The molecule has 0 bridgehead atoms. The molecule has 3 heterocycles. The molecule has 1 unspecified atom stereocenters. The number of amides is 1. The molecule has 2 fully saturated rings. The molecule has 0 radical (unpaired) electrons. The van der Waals surface area contributed by atoms with Crippen LogP contribution in [-0.2, 0) is 16.1 Å². The fourth-order valence-electron chi connectivity index (χ4n) is 4.71. The summed E-state index contributed by atoms with van der Waals surface area (Å²) in [6.07, 6.45) is 1.89. The zero-order chi connectivity index (χ0) is 25.2. The molecular weight excluding hydrogens is 469 g/mol. The van der Waals surface area contributed by atoms with Crippen LogP contribution in [0, 0.1) is 5.82 Å². The summed E-state index contributed by atoms with van der Waals surface area (Å²) in [6.45, 7) is 2.15. The summed E-state index contributed by atoms with van der Waals surface area (Å²) in [5, 5.41) is 9.49.